The van der Waals surface area contributed by atoms with Gasteiger partial charge in [-0.25, -0.2) is 0 Å². The van der Waals surface area contributed by atoms with Gasteiger partial charge in [0.25, 0.3) is 0 Å². The average molecular weight is 180 g/mol. The van der Waals surface area contributed by atoms with Crippen LogP contribution in [0, 0.1) is 0 Å². The quantitative estimate of drug-likeness (QED) is 0.593. The standard InChI is InChI=1S/C8H9As/c1-2-9-8-6-4-3-5-7-8/h2-7,9H,1H2. The molecule has 1 unspecified atom stereocenters. The van der Waals surface area contributed by atoms with Crippen LogP contribution in [0.25, 0.3) is 0 Å². The maximum atomic E-state index is 3.71. The molecule has 0 saturated heterocycles. The summed E-state index contributed by atoms with van der Waals surface area (Å²) < 4.78 is 1.45. The van der Waals surface area contributed by atoms with E-state index in [9.17, 15) is 0 Å². The van der Waals surface area contributed by atoms with E-state index in [1.807, 2.05) is 10.9 Å². The van der Waals surface area contributed by atoms with Crippen molar-refractivity contribution in [2.45, 2.75) is 0 Å². The molecule has 0 N–H and O–H groups in total. The van der Waals surface area contributed by atoms with E-state index in [-0.39, 0.29) is 15.8 Å². The van der Waals surface area contributed by atoms with Gasteiger partial charge in [-0.15, -0.1) is 0 Å². The first kappa shape index (κ1) is 6.64. The Kier molecular flexibility index (Phi) is 2.60. The van der Waals surface area contributed by atoms with Crippen molar-refractivity contribution in [3.05, 3.63) is 41.8 Å². The molecule has 0 fully saturated rings. The number of benzene rings is 1. The first-order chi connectivity index (χ1) is 4.43. The minimum absolute atomic E-state index is 0.0261. The molecule has 9 heavy (non-hydrogen) atoms. The number of rotatable bonds is 2. The fraction of sp³-hybridized carbons (Fsp3) is 0. The molecule has 0 aliphatic carbocycles. The van der Waals surface area contributed by atoms with Crippen molar-refractivity contribution in [2.24, 2.45) is 0 Å². The van der Waals surface area contributed by atoms with Crippen LogP contribution in [-0.4, -0.2) is 15.8 Å². The minimum atomic E-state index is -0.0261. The second-order valence-corrected chi connectivity index (χ2v) is 4.39. The molecule has 0 nitrogen and oxygen atoms in total. The Morgan fingerprint density at radius 2 is 1.89 bits per heavy atom. The molecule has 0 saturated carbocycles. The van der Waals surface area contributed by atoms with Gasteiger partial charge in [0.2, 0.25) is 0 Å². The van der Waals surface area contributed by atoms with Crippen molar-refractivity contribution in [3.63, 3.8) is 0 Å². The number of hydrogen-bond donors (Lipinski definition) is 0. The molecule has 1 aromatic carbocycles. The molecule has 0 aliphatic rings. The van der Waals surface area contributed by atoms with E-state index in [1.165, 1.54) is 4.35 Å². The van der Waals surface area contributed by atoms with Gasteiger partial charge in [0.05, 0.1) is 0 Å². The zero-order valence-corrected chi connectivity index (χ0v) is 7.27. The summed E-state index contributed by atoms with van der Waals surface area (Å²) in [6, 6.07) is 10.5. The van der Waals surface area contributed by atoms with Gasteiger partial charge in [0, 0.05) is 0 Å². The SMILES string of the molecule is C=C[AsH]c1ccccc1. The fourth-order valence-corrected chi connectivity index (χ4v) is 1.95. The van der Waals surface area contributed by atoms with Crippen LogP contribution < -0.4 is 4.35 Å². The van der Waals surface area contributed by atoms with E-state index in [2.05, 4.69) is 30.8 Å². The molecular weight excluding hydrogens is 171 g/mol. The van der Waals surface area contributed by atoms with Crippen LogP contribution in [-0.2, 0) is 0 Å². The normalized spacial score (nSPS) is 10.2. The molecule has 1 aromatic rings. The molecule has 0 heterocycles. The summed E-state index contributed by atoms with van der Waals surface area (Å²) in [6.07, 6.45) is 0. The van der Waals surface area contributed by atoms with Crippen molar-refractivity contribution in [1.82, 2.24) is 0 Å². The van der Waals surface area contributed by atoms with Gasteiger partial charge in [0.15, 0.2) is 0 Å². The predicted octanol–water partition coefficient (Wildman–Crippen LogP) is 0.892. The molecule has 46 valence electrons. The van der Waals surface area contributed by atoms with Crippen LogP contribution in [0.15, 0.2) is 41.8 Å². The van der Waals surface area contributed by atoms with E-state index in [0.29, 0.717) is 0 Å². The van der Waals surface area contributed by atoms with E-state index >= 15 is 0 Å². The van der Waals surface area contributed by atoms with E-state index in [4.69, 9.17) is 0 Å². The Balaban J connectivity index is 2.72. The van der Waals surface area contributed by atoms with Crippen molar-refractivity contribution >= 4 is 20.1 Å². The molecule has 0 spiro atoms. The molecule has 0 radical (unpaired) electrons. The molecule has 1 heteroatoms. The Hall–Kier alpha value is -0.482. The van der Waals surface area contributed by atoms with Crippen LogP contribution >= 0.6 is 0 Å². The zero-order chi connectivity index (χ0) is 6.53. The first-order valence-corrected chi connectivity index (χ1v) is 5.12. The first-order valence-electron chi connectivity index (χ1n) is 2.86. The Morgan fingerprint density at radius 3 is 2.44 bits per heavy atom. The summed E-state index contributed by atoms with van der Waals surface area (Å²) in [5, 5.41) is 0. The molecule has 0 bridgehead atoms. The molecule has 1 rings (SSSR count). The molecule has 1 atom stereocenters. The average Bonchev–Trinajstić information content (AvgIpc) is 1.91. The fourth-order valence-electron chi connectivity index (χ4n) is 0.652. The third-order valence-electron chi connectivity index (χ3n) is 1.04. The third-order valence-corrected chi connectivity index (χ3v) is 2.87. The van der Waals surface area contributed by atoms with E-state index in [0.717, 1.165) is 0 Å². The number of hydrogen-bond acceptors (Lipinski definition) is 0. The third kappa shape index (κ3) is 2.07. The van der Waals surface area contributed by atoms with Crippen LogP contribution in [0.3, 0.4) is 0 Å². The van der Waals surface area contributed by atoms with E-state index < -0.39 is 0 Å². The second kappa shape index (κ2) is 3.53. The van der Waals surface area contributed by atoms with Gasteiger partial charge < -0.3 is 0 Å². The molecule has 0 aromatic heterocycles. The van der Waals surface area contributed by atoms with Crippen LogP contribution in [0.5, 0.6) is 0 Å². The second-order valence-electron chi connectivity index (χ2n) is 1.71. The van der Waals surface area contributed by atoms with Gasteiger partial charge in [-0.3, -0.25) is 0 Å². The zero-order valence-electron chi connectivity index (χ0n) is 5.17. The van der Waals surface area contributed by atoms with Crippen LogP contribution in [0.2, 0.25) is 0 Å². The van der Waals surface area contributed by atoms with Gasteiger partial charge >= 0.3 is 61.9 Å². The van der Waals surface area contributed by atoms with Crippen molar-refractivity contribution in [3.8, 4) is 0 Å². The summed E-state index contributed by atoms with van der Waals surface area (Å²) >= 11 is -0.0261. The van der Waals surface area contributed by atoms with Gasteiger partial charge in [-0.2, -0.15) is 0 Å². The maximum absolute atomic E-state index is 3.71. The Bertz CT molecular complexity index is 179. The Labute approximate surface area is 62.3 Å². The summed E-state index contributed by atoms with van der Waals surface area (Å²) in [7, 11) is 0. The molecule has 0 aliphatic heterocycles. The summed E-state index contributed by atoms with van der Waals surface area (Å²) in [4.78, 5) is 2.04. The molecule has 0 amide bonds. The molecular formula is C8H9As. The van der Waals surface area contributed by atoms with E-state index in [1.54, 1.807) is 0 Å². The van der Waals surface area contributed by atoms with Gasteiger partial charge in [-0.1, -0.05) is 0 Å². The van der Waals surface area contributed by atoms with Crippen LogP contribution in [0.1, 0.15) is 0 Å². The monoisotopic (exact) mass is 180 g/mol. The van der Waals surface area contributed by atoms with Gasteiger partial charge in [0.1, 0.15) is 0 Å². The van der Waals surface area contributed by atoms with Crippen molar-refractivity contribution in [2.75, 3.05) is 0 Å². The summed E-state index contributed by atoms with van der Waals surface area (Å²) in [6.45, 7) is 3.71. The summed E-state index contributed by atoms with van der Waals surface area (Å²) in [5.41, 5.74) is 0. The van der Waals surface area contributed by atoms with Crippen molar-refractivity contribution < 1.29 is 0 Å². The van der Waals surface area contributed by atoms with Crippen molar-refractivity contribution in [1.29, 1.82) is 0 Å². The predicted molar refractivity (Wildman–Crippen MR) is 43.4 cm³/mol. The summed E-state index contributed by atoms with van der Waals surface area (Å²) in [5.74, 6) is 0. The Morgan fingerprint density at radius 1 is 1.22 bits per heavy atom. The van der Waals surface area contributed by atoms with Crippen LogP contribution in [0.4, 0.5) is 0 Å². The van der Waals surface area contributed by atoms with Gasteiger partial charge in [-0.05, 0) is 0 Å². The topological polar surface area (TPSA) is 0 Å².